The van der Waals surface area contributed by atoms with E-state index in [1.54, 1.807) is 7.05 Å². The van der Waals surface area contributed by atoms with Crippen LogP contribution < -0.4 is 5.32 Å². The maximum Gasteiger partial charge on any atom is 0.389 e. The first-order valence-corrected chi connectivity index (χ1v) is 6.61. The zero-order valence-electron chi connectivity index (χ0n) is 9.11. The third kappa shape index (κ3) is 4.97. The second kappa shape index (κ2) is 6.20. The van der Waals surface area contributed by atoms with Gasteiger partial charge in [0.25, 0.3) is 0 Å². The first-order chi connectivity index (χ1) is 7.83. The van der Waals surface area contributed by atoms with Gasteiger partial charge in [0.05, 0.1) is 0 Å². The summed E-state index contributed by atoms with van der Waals surface area (Å²) in [6.45, 7) is 0. The Kier molecular flexibility index (Phi) is 5.47. The summed E-state index contributed by atoms with van der Waals surface area (Å²) < 4.78 is 38.3. The summed E-state index contributed by atoms with van der Waals surface area (Å²) in [5, 5.41) is 2.91. The maximum atomic E-state index is 12.2. The van der Waals surface area contributed by atoms with Crippen LogP contribution in [0.15, 0.2) is 27.1 Å². The average Bonchev–Trinajstić information content (AvgIpc) is 2.22. The van der Waals surface area contributed by atoms with Crippen LogP contribution >= 0.6 is 31.9 Å². The zero-order chi connectivity index (χ0) is 13.1. The molecule has 0 heterocycles. The Hall–Kier alpha value is -0.0700. The molecule has 1 unspecified atom stereocenters. The lowest BCUT2D eigenvalue weighted by atomic mass is 10.0. The number of rotatable bonds is 4. The van der Waals surface area contributed by atoms with Crippen molar-refractivity contribution in [2.75, 3.05) is 7.05 Å². The molecular formula is C11H12Br2F3N. The van der Waals surface area contributed by atoms with E-state index >= 15 is 0 Å². The van der Waals surface area contributed by atoms with Gasteiger partial charge in [0.1, 0.15) is 0 Å². The Morgan fingerprint density at radius 2 is 1.94 bits per heavy atom. The van der Waals surface area contributed by atoms with E-state index < -0.39 is 12.6 Å². The molecule has 96 valence electrons. The lowest BCUT2D eigenvalue weighted by Gasteiger charge is -2.19. The topological polar surface area (TPSA) is 12.0 Å². The molecule has 0 bridgehead atoms. The van der Waals surface area contributed by atoms with Gasteiger partial charge in [-0.25, -0.2) is 0 Å². The first-order valence-electron chi connectivity index (χ1n) is 5.02. The summed E-state index contributed by atoms with van der Waals surface area (Å²) in [5.41, 5.74) is 0.825. The number of benzene rings is 1. The minimum Gasteiger partial charge on any atom is -0.313 e. The van der Waals surface area contributed by atoms with Crippen molar-refractivity contribution in [2.45, 2.75) is 25.1 Å². The summed E-state index contributed by atoms with van der Waals surface area (Å²) in [4.78, 5) is 0. The minimum absolute atomic E-state index is 0.0229. The Bertz CT molecular complexity index is 379. The van der Waals surface area contributed by atoms with Crippen LogP contribution in [0.1, 0.15) is 24.4 Å². The molecule has 17 heavy (non-hydrogen) atoms. The van der Waals surface area contributed by atoms with Crippen LogP contribution in [-0.2, 0) is 0 Å². The van der Waals surface area contributed by atoms with Crippen LogP contribution in [-0.4, -0.2) is 13.2 Å². The minimum atomic E-state index is -4.12. The third-order valence-electron chi connectivity index (χ3n) is 2.40. The molecule has 1 nitrogen and oxygen atoms in total. The summed E-state index contributed by atoms with van der Waals surface area (Å²) in [6, 6.07) is 5.16. The molecule has 0 spiro atoms. The summed E-state index contributed by atoms with van der Waals surface area (Å²) in [6.07, 6.45) is -4.89. The van der Waals surface area contributed by atoms with Crippen molar-refractivity contribution in [1.82, 2.24) is 5.32 Å². The van der Waals surface area contributed by atoms with E-state index in [0.29, 0.717) is 0 Å². The van der Waals surface area contributed by atoms with E-state index in [4.69, 9.17) is 0 Å². The molecule has 1 aromatic rings. The lowest BCUT2D eigenvalue weighted by Crippen LogP contribution is -2.20. The highest BCUT2D eigenvalue weighted by atomic mass is 79.9. The number of alkyl halides is 3. The van der Waals surface area contributed by atoms with Gasteiger partial charge in [0, 0.05) is 21.4 Å². The molecule has 0 saturated heterocycles. The molecule has 0 fully saturated rings. The van der Waals surface area contributed by atoms with Crippen molar-refractivity contribution >= 4 is 31.9 Å². The van der Waals surface area contributed by atoms with Gasteiger partial charge >= 0.3 is 6.18 Å². The Balaban J connectivity index is 2.82. The molecule has 0 aromatic heterocycles. The first kappa shape index (κ1) is 15.0. The molecule has 0 aliphatic heterocycles. The molecule has 0 amide bonds. The van der Waals surface area contributed by atoms with E-state index in [-0.39, 0.29) is 12.5 Å². The number of hydrogen-bond acceptors (Lipinski definition) is 1. The molecule has 0 aliphatic rings. The molecule has 1 atom stereocenters. The Morgan fingerprint density at radius 1 is 1.29 bits per heavy atom. The maximum absolute atomic E-state index is 12.2. The molecule has 0 saturated carbocycles. The second-order valence-electron chi connectivity index (χ2n) is 3.66. The monoisotopic (exact) mass is 373 g/mol. The SMILES string of the molecule is CNC(CCC(F)(F)F)c1cc(Br)ccc1Br. The van der Waals surface area contributed by atoms with E-state index in [9.17, 15) is 13.2 Å². The Labute approximate surface area is 115 Å². The molecule has 6 heteroatoms. The van der Waals surface area contributed by atoms with Gasteiger partial charge in [-0.15, -0.1) is 0 Å². The van der Waals surface area contributed by atoms with Gasteiger partial charge in [-0.05, 0) is 37.2 Å². The largest absolute Gasteiger partial charge is 0.389 e. The molecule has 1 aromatic carbocycles. The van der Waals surface area contributed by atoms with Crippen molar-refractivity contribution in [3.8, 4) is 0 Å². The standard InChI is InChI=1S/C11H12Br2F3N/c1-17-10(4-5-11(14,15)16)8-6-7(12)2-3-9(8)13/h2-3,6,10,17H,4-5H2,1H3. The second-order valence-corrected chi connectivity index (χ2v) is 5.43. The van der Waals surface area contributed by atoms with Gasteiger partial charge in [0.15, 0.2) is 0 Å². The van der Waals surface area contributed by atoms with Gasteiger partial charge in [0.2, 0.25) is 0 Å². The predicted octanol–water partition coefficient (Wildman–Crippen LogP) is 4.81. The molecule has 1 N–H and O–H groups in total. The molecule has 1 rings (SSSR count). The van der Waals surface area contributed by atoms with Crippen LogP contribution in [0.2, 0.25) is 0 Å². The zero-order valence-corrected chi connectivity index (χ0v) is 12.3. The summed E-state index contributed by atoms with van der Waals surface area (Å²) >= 11 is 6.66. The molecule has 0 radical (unpaired) electrons. The van der Waals surface area contributed by atoms with Crippen molar-refractivity contribution in [3.05, 3.63) is 32.7 Å². The highest BCUT2D eigenvalue weighted by molar-refractivity contribution is 9.11. The van der Waals surface area contributed by atoms with Crippen LogP contribution in [0.5, 0.6) is 0 Å². The highest BCUT2D eigenvalue weighted by Crippen LogP contribution is 2.32. The number of halogens is 5. The molecular weight excluding hydrogens is 363 g/mol. The van der Waals surface area contributed by atoms with Gasteiger partial charge in [-0.2, -0.15) is 13.2 Å². The van der Waals surface area contributed by atoms with Crippen molar-refractivity contribution in [2.24, 2.45) is 0 Å². The number of hydrogen-bond donors (Lipinski definition) is 1. The Morgan fingerprint density at radius 3 is 2.47 bits per heavy atom. The van der Waals surface area contributed by atoms with Crippen LogP contribution in [0.4, 0.5) is 13.2 Å². The van der Waals surface area contributed by atoms with E-state index in [1.807, 2.05) is 18.2 Å². The van der Waals surface area contributed by atoms with Crippen LogP contribution in [0, 0.1) is 0 Å². The summed E-state index contributed by atoms with van der Waals surface area (Å²) in [7, 11) is 1.66. The van der Waals surface area contributed by atoms with Crippen LogP contribution in [0.3, 0.4) is 0 Å². The average molecular weight is 375 g/mol. The van der Waals surface area contributed by atoms with Crippen molar-refractivity contribution in [3.63, 3.8) is 0 Å². The third-order valence-corrected chi connectivity index (χ3v) is 3.61. The van der Waals surface area contributed by atoms with Crippen molar-refractivity contribution < 1.29 is 13.2 Å². The van der Waals surface area contributed by atoms with Crippen molar-refractivity contribution in [1.29, 1.82) is 0 Å². The summed E-state index contributed by atoms with van der Waals surface area (Å²) in [5.74, 6) is 0. The van der Waals surface area contributed by atoms with Gasteiger partial charge < -0.3 is 5.32 Å². The van der Waals surface area contributed by atoms with E-state index in [2.05, 4.69) is 37.2 Å². The molecule has 0 aliphatic carbocycles. The predicted molar refractivity (Wildman–Crippen MR) is 68.9 cm³/mol. The fourth-order valence-electron chi connectivity index (χ4n) is 1.54. The number of nitrogens with one attached hydrogen (secondary N) is 1. The lowest BCUT2D eigenvalue weighted by molar-refractivity contribution is -0.136. The smallest absolute Gasteiger partial charge is 0.313 e. The fourth-order valence-corrected chi connectivity index (χ4v) is 2.45. The fraction of sp³-hybridized carbons (Fsp3) is 0.455. The normalized spacial score (nSPS) is 13.8. The van der Waals surface area contributed by atoms with Gasteiger partial charge in [-0.3, -0.25) is 0 Å². The van der Waals surface area contributed by atoms with E-state index in [1.165, 1.54) is 0 Å². The van der Waals surface area contributed by atoms with Gasteiger partial charge in [-0.1, -0.05) is 31.9 Å². The van der Waals surface area contributed by atoms with E-state index in [0.717, 1.165) is 14.5 Å². The van der Waals surface area contributed by atoms with Crippen LogP contribution in [0.25, 0.3) is 0 Å². The quantitative estimate of drug-likeness (QED) is 0.797. The highest BCUT2D eigenvalue weighted by Gasteiger charge is 2.28.